The lowest BCUT2D eigenvalue weighted by Crippen LogP contribution is -2.42. The van der Waals surface area contributed by atoms with E-state index in [4.69, 9.17) is 0 Å². The van der Waals surface area contributed by atoms with Gasteiger partial charge in [0.15, 0.2) is 0 Å². The summed E-state index contributed by atoms with van der Waals surface area (Å²) in [7, 11) is 0. The smallest absolute Gasteiger partial charge is 0.203 e. The molecule has 2 rings (SSSR count). The molecule has 1 fully saturated rings. The van der Waals surface area contributed by atoms with Gasteiger partial charge in [-0.2, -0.15) is 0 Å². The van der Waals surface area contributed by atoms with Crippen LogP contribution >= 0.6 is 0 Å². The predicted molar refractivity (Wildman–Crippen MR) is 71.2 cm³/mol. The number of nitrogens with one attached hydrogen (secondary N) is 1. The van der Waals surface area contributed by atoms with Crippen LogP contribution < -0.4 is 5.32 Å². The summed E-state index contributed by atoms with van der Waals surface area (Å²) in [6.07, 6.45) is 8.23. The normalized spacial score (nSPS) is 21.4. The van der Waals surface area contributed by atoms with Crippen molar-refractivity contribution in [2.75, 3.05) is 25.0 Å². The summed E-state index contributed by atoms with van der Waals surface area (Å²) >= 11 is 0. The van der Waals surface area contributed by atoms with Crippen molar-refractivity contribution in [1.29, 1.82) is 0 Å². The first-order chi connectivity index (χ1) is 8.33. The van der Waals surface area contributed by atoms with E-state index in [1.807, 2.05) is 18.5 Å². The molecule has 0 aliphatic carbocycles. The second kappa shape index (κ2) is 5.87. The highest BCUT2D eigenvalue weighted by molar-refractivity contribution is 5.28. The Morgan fingerprint density at radius 2 is 2.53 bits per heavy atom. The number of likely N-dealkylation sites (tertiary alicyclic amines) is 1. The van der Waals surface area contributed by atoms with Crippen LogP contribution in [0.3, 0.4) is 0 Å². The van der Waals surface area contributed by atoms with Crippen molar-refractivity contribution in [2.45, 2.75) is 32.4 Å². The summed E-state index contributed by atoms with van der Waals surface area (Å²) < 4.78 is 2.10. The van der Waals surface area contributed by atoms with E-state index >= 15 is 0 Å². The maximum absolute atomic E-state index is 4.37. The van der Waals surface area contributed by atoms with Crippen molar-refractivity contribution in [3.05, 3.63) is 25.0 Å². The van der Waals surface area contributed by atoms with Crippen LogP contribution in [-0.2, 0) is 6.54 Å². The fourth-order valence-corrected chi connectivity index (χ4v) is 2.38. The van der Waals surface area contributed by atoms with Crippen LogP contribution in [0.5, 0.6) is 0 Å². The highest BCUT2D eigenvalue weighted by Gasteiger charge is 2.19. The van der Waals surface area contributed by atoms with Crippen molar-refractivity contribution < 1.29 is 0 Å². The maximum atomic E-state index is 4.37. The molecule has 1 atom stereocenters. The van der Waals surface area contributed by atoms with Gasteiger partial charge < -0.3 is 14.8 Å². The molecule has 0 aromatic carbocycles. The third-order valence-electron chi connectivity index (χ3n) is 3.33. The van der Waals surface area contributed by atoms with Crippen LogP contribution in [-0.4, -0.2) is 40.1 Å². The topological polar surface area (TPSA) is 33.1 Å². The minimum atomic E-state index is 0.523. The van der Waals surface area contributed by atoms with E-state index in [9.17, 15) is 0 Å². The molecule has 1 aliphatic rings. The first-order valence-electron chi connectivity index (χ1n) is 6.44. The average Bonchev–Trinajstić information content (AvgIpc) is 2.78. The van der Waals surface area contributed by atoms with Crippen molar-refractivity contribution in [1.82, 2.24) is 14.5 Å². The van der Waals surface area contributed by atoms with Gasteiger partial charge in [-0.3, -0.25) is 0 Å². The number of nitrogens with zero attached hydrogens (tertiary/aromatic N) is 3. The molecule has 0 spiro atoms. The number of aromatic nitrogens is 2. The van der Waals surface area contributed by atoms with Gasteiger partial charge in [0.25, 0.3) is 0 Å². The lowest BCUT2D eigenvalue weighted by molar-refractivity contribution is 0.226. The minimum Gasteiger partial charge on any atom is -0.352 e. The number of rotatable bonds is 5. The molecule has 0 bridgehead atoms. The van der Waals surface area contributed by atoms with Gasteiger partial charge in [-0.15, -0.1) is 6.58 Å². The standard InChI is InChI=1S/C13H22N4/c1-3-8-17-10-7-14-13(17)15-12-6-5-9-16(4-2)11-12/h3,7,10,12H,1,4-6,8-9,11H2,2H3,(H,14,15). The Morgan fingerprint density at radius 1 is 1.65 bits per heavy atom. The van der Waals surface area contributed by atoms with Gasteiger partial charge in [0.2, 0.25) is 5.95 Å². The summed E-state index contributed by atoms with van der Waals surface area (Å²) in [5.41, 5.74) is 0. The summed E-state index contributed by atoms with van der Waals surface area (Å²) in [5.74, 6) is 0.966. The molecule has 1 aromatic heterocycles. The van der Waals surface area contributed by atoms with Crippen LogP contribution in [0.25, 0.3) is 0 Å². The van der Waals surface area contributed by atoms with Gasteiger partial charge in [0, 0.05) is 31.5 Å². The van der Waals surface area contributed by atoms with Crippen molar-refractivity contribution in [2.24, 2.45) is 0 Å². The van der Waals surface area contributed by atoms with Crippen molar-refractivity contribution in [3.8, 4) is 0 Å². The zero-order chi connectivity index (χ0) is 12.1. The Bertz CT molecular complexity index is 358. The molecule has 0 amide bonds. The van der Waals surface area contributed by atoms with Crippen molar-refractivity contribution >= 4 is 5.95 Å². The van der Waals surface area contributed by atoms with E-state index in [2.05, 4.69) is 33.3 Å². The van der Waals surface area contributed by atoms with Crippen LogP contribution in [0.2, 0.25) is 0 Å². The quantitative estimate of drug-likeness (QED) is 0.791. The number of allylic oxidation sites excluding steroid dienone is 1. The zero-order valence-electron chi connectivity index (χ0n) is 10.6. The molecule has 4 nitrogen and oxygen atoms in total. The third kappa shape index (κ3) is 3.09. The summed E-state index contributed by atoms with van der Waals surface area (Å²) in [4.78, 5) is 6.85. The number of likely N-dealkylation sites (N-methyl/N-ethyl adjacent to an activating group) is 1. The lowest BCUT2D eigenvalue weighted by Gasteiger charge is -2.32. The highest BCUT2D eigenvalue weighted by atomic mass is 15.2. The molecule has 1 saturated heterocycles. The number of piperidine rings is 1. The van der Waals surface area contributed by atoms with Crippen LogP contribution in [0.4, 0.5) is 5.95 Å². The average molecular weight is 234 g/mol. The van der Waals surface area contributed by atoms with Gasteiger partial charge >= 0.3 is 0 Å². The fourth-order valence-electron chi connectivity index (χ4n) is 2.38. The molecule has 94 valence electrons. The van der Waals surface area contributed by atoms with E-state index in [1.54, 1.807) is 0 Å². The van der Waals surface area contributed by atoms with Gasteiger partial charge in [0.05, 0.1) is 0 Å². The molecular weight excluding hydrogens is 212 g/mol. The first kappa shape index (κ1) is 12.2. The molecule has 1 N–H and O–H groups in total. The summed E-state index contributed by atoms with van der Waals surface area (Å²) in [6.45, 7) is 10.3. The van der Waals surface area contributed by atoms with Gasteiger partial charge in [-0.1, -0.05) is 13.0 Å². The molecule has 4 heteroatoms. The van der Waals surface area contributed by atoms with Crippen LogP contribution in [0.15, 0.2) is 25.0 Å². The monoisotopic (exact) mass is 234 g/mol. The summed E-state index contributed by atoms with van der Waals surface area (Å²) in [6, 6.07) is 0.523. The molecule has 1 aliphatic heterocycles. The number of hydrogen-bond acceptors (Lipinski definition) is 3. The highest BCUT2D eigenvalue weighted by Crippen LogP contribution is 2.14. The third-order valence-corrected chi connectivity index (χ3v) is 3.33. The first-order valence-corrected chi connectivity index (χ1v) is 6.44. The van der Waals surface area contributed by atoms with Gasteiger partial charge in [0.1, 0.15) is 0 Å². The van der Waals surface area contributed by atoms with Gasteiger partial charge in [-0.05, 0) is 25.9 Å². The SMILES string of the molecule is C=CCn1ccnc1NC1CCCN(CC)C1. The Morgan fingerprint density at radius 3 is 3.29 bits per heavy atom. The van der Waals surface area contributed by atoms with Crippen molar-refractivity contribution in [3.63, 3.8) is 0 Å². The van der Waals surface area contributed by atoms with E-state index in [0.717, 1.165) is 25.6 Å². The summed E-state index contributed by atoms with van der Waals surface area (Å²) in [5, 5.41) is 3.54. The fraction of sp³-hybridized carbons (Fsp3) is 0.615. The van der Waals surface area contributed by atoms with Gasteiger partial charge in [-0.25, -0.2) is 4.98 Å². The van der Waals surface area contributed by atoms with E-state index in [-0.39, 0.29) is 0 Å². The molecule has 1 aromatic rings. The van der Waals surface area contributed by atoms with E-state index < -0.39 is 0 Å². The number of hydrogen-bond donors (Lipinski definition) is 1. The van der Waals surface area contributed by atoms with Crippen LogP contribution in [0, 0.1) is 0 Å². The molecule has 2 heterocycles. The Hall–Kier alpha value is -1.29. The molecule has 0 saturated carbocycles. The molecule has 0 radical (unpaired) electrons. The second-order valence-corrected chi connectivity index (χ2v) is 4.57. The zero-order valence-corrected chi connectivity index (χ0v) is 10.6. The largest absolute Gasteiger partial charge is 0.352 e. The van der Waals surface area contributed by atoms with E-state index in [0.29, 0.717) is 6.04 Å². The molecular formula is C13H22N4. The maximum Gasteiger partial charge on any atom is 0.203 e. The Balaban J connectivity index is 1.95. The Labute approximate surface area is 103 Å². The predicted octanol–water partition coefficient (Wildman–Crippen LogP) is 1.97. The molecule has 17 heavy (non-hydrogen) atoms. The van der Waals surface area contributed by atoms with Crippen LogP contribution in [0.1, 0.15) is 19.8 Å². The molecule has 1 unspecified atom stereocenters. The lowest BCUT2D eigenvalue weighted by atomic mass is 10.1. The number of anilines is 1. The van der Waals surface area contributed by atoms with E-state index in [1.165, 1.54) is 19.4 Å². The Kier molecular flexibility index (Phi) is 4.20. The minimum absolute atomic E-state index is 0.523. The number of imidazole rings is 1. The second-order valence-electron chi connectivity index (χ2n) is 4.57.